The number of rotatable bonds is 4. The molecule has 1 aromatic rings. The summed E-state index contributed by atoms with van der Waals surface area (Å²) in [5.41, 5.74) is 2.61. The van der Waals surface area contributed by atoms with Crippen LogP contribution in [-0.2, 0) is 11.2 Å². The van der Waals surface area contributed by atoms with E-state index < -0.39 is 5.92 Å². The van der Waals surface area contributed by atoms with Gasteiger partial charge in [-0.15, -0.1) is 0 Å². The summed E-state index contributed by atoms with van der Waals surface area (Å²) in [6, 6.07) is 3.77. The van der Waals surface area contributed by atoms with E-state index in [9.17, 15) is 13.6 Å². The number of benzene rings is 1. The Bertz CT molecular complexity index is 702. The van der Waals surface area contributed by atoms with Gasteiger partial charge in [0.2, 0.25) is 11.8 Å². The Morgan fingerprint density at radius 1 is 1.36 bits per heavy atom. The first-order valence-corrected chi connectivity index (χ1v) is 8.69. The van der Waals surface area contributed by atoms with Gasteiger partial charge >= 0.3 is 0 Å². The van der Waals surface area contributed by atoms with E-state index in [1.807, 2.05) is 31.2 Å². The van der Waals surface area contributed by atoms with Crippen molar-refractivity contribution in [2.75, 3.05) is 5.32 Å². The second kappa shape index (κ2) is 6.98. The van der Waals surface area contributed by atoms with Crippen molar-refractivity contribution in [1.29, 1.82) is 0 Å². The van der Waals surface area contributed by atoms with Crippen molar-refractivity contribution >= 4 is 17.7 Å². The van der Waals surface area contributed by atoms with E-state index in [-0.39, 0.29) is 30.8 Å². The van der Waals surface area contributed by atoms with Crippen molar-refractivity contribution in [1.82, 2.24) is 0 Å². The zero-order valence-electron chi connectivity index (χ0n) is 14.4. The lowest BCUT2D eigenvalue weighted by Gasteiger charge is -2.26. The number of allylic oxidation sites excluding steroid dienone is 1. The van der Waals surface area contributed by atoms with E-state index in [4.69, 9.17) is 4.74 Å². The van der Waals surface area contributed by atoms with Crippen molar-refractivity contribution in [3.63, 3.8) is 0 Å². The highest BCUT2D eigenvalue weighted by molar-refractivity contribution is 5.99. The van der Waals surface area contributed by atoms with Gasteiger partial charge in [0.1, 0.15) is 11.9 Å². The third kappa shape index (κ3) is 4.27. The van der Waals surface area contributed by atoms with Gasteiger partial charge < -0.3 is 10.1 Å². The van der Waals surface area contributed by atoms with Gasteiger partial charge in [-0.25, -0.2) is 8.78 Å². The first-order chi connectivity index (χ1) is 11.9. The van der Waals surface area contributed by atoms with Crippen LogP contribution < -0.4 is 10.1 Å². The molecule has 1 N–H and O–H groups in total. The van der Waals surface area contributed by atoms with E-state index in [1.165, 1.54) is 6.08 Å². The number of halogens is 2. The topological polar surface area (TPSA) is 38.3 Å². The predicted octanol–water partition coefficient (Wildman–Crippen LogP) is 4.97. The number of nitrogens with one attached hydrogen (secondary N) is 1. The average Bonchev–Trinajstić information content (AvgIpc) is 2.93. The molecule has 1 unspecified atom stereocenters. The summed E-state index contributed by atoms with van der Waals surface area (Å²) in [6.45, 7) is 5.46. The number of alkyl halides is 2. The van der Waals surface area contributed by atoms with Crippen LogP contribution in [0.1, 0.15) is 43.7 Å². The molecule has 1 atom stereocenters. The molecule has 0 aromatic heterocycles. The van der Waals surface area contributed by atoms with Crippen LogP contribution in [0.25, 0.3) is 6.08 Å². The van der Waals surface area contributed by atoms with Crippen LogP contribution in [0.4, 0.5) is 14.5 Å². The summed E-state index contributed by atoms with van der Waals surface area (Å²) in [5.74, 6) is -1.81. The van der Waals surface area contributed by atoms with Gasteiger partial charge in [-0.3, -0.25) is 4.79 Å². The lowest BCUT2D eigenvalue weighted by atomic mass is 9.86. The predicted molar refractivity (Wildman–Crippen MR) is 95.0 cm³/mol. The molecular weight excluding hydrogens is 324 g/mol. The Morgan fingerprint density at radius 2 is 2.08 bits per heavy atom. The lowest BCUT2D eigenvalue weighted by Crippen LogP contribution is -2.23. The van der Waals surface area contributed by atoms with Crippen LogP contribution in [0.5, 0.6) is 5.75 Å². The van der Waals surface area contributed by atoms with E-state index in [0.717, 1.165) is 23.3 Å². The molecule has 1 fully saturated rings. The highest BCUT2D eigenvalue weighted by Crippen LogP contribution is 2.39. The molecule has 0 spiro atoms. The molecule has 1 saturated carbocycles. The van der Waals surface area contributed by atoms with Crippen LogP contribution >= 0.6 is 0 Å². The van der Waals surface area contributed by atoms with Crippen molar-refractivity contribution < 1.29 is 18.3 Å². The van der Waals surface area contributed by atoms with E-state index in [1.54, 1.807) is 0 Å². The Hall–Kier alpha value is -2.17. The molecule has 1 heterocycles. The number of carbonyl (C=O) groups is 1. The Labute approximate surface area is 146 Å². The van der Waals surface area contributed by atoms with Gasteiger partial charge in [0.25, 0.3) is 0 Å². The van der Waals surface area contributed by atoms with Crippen molar-refractivity contribution in [3.05, 3.63) is 42.0 Å². The fourth-order valence-electron chi connectivity index (χ4n) is 3.45. The molecule has 1 aliphatic carbocycles. The zero-order valence-corrected chi connectivity index (χ0v) is 14.4. The van der Waals surface area contributed by atoms with E-state index in [0.29, 0.717) is 18.5 Å². The highest BCUT2D eigenvalue weighted by atomic mass is 19.3. The van der Waals surface area contributed by atoms with Gasteiger partial charge in [-0.2, -0.15) is 0 Å². The van der Waals surface area contributed by atoms with E-state index >= 15 is 0 Å². The van der Waals surface area contributed by atoms with Crippen LogP contribution in [0.15, 0.2) is 30.9 Å². The van der Waals surface area contributed by atoms with Gasteiger partial charge in [0, 0.05) is 36.1 Å². The van der Waals surface area contributed by atoms with Gasteiger partial charge in [0.15, 0.2) is 0 Å². The number of fused-ring (bicyclic) bond motifs is 1. The minimum absolute atomic E-state index is 0.0525. The molecule has 5 heteroatoms. The zero-order chi connectivity index (χ0) is 18.0. The highest BCUT2D eigenvalue weighted by Gasteiger charge is 2.34. The third-order valence-corrected chi connectivity index (χ3v) is 4.78. The maximum absolute atomic E-state index is 13.3. The quantitative estimate of drug-likeness (QED) is 0.781. The summed E-state index contributed by atoms with van der Waals surface area (Å²) >= 11 is 0. The molecule has 0 radical (unpaired) electrons. The molecule has 0 saturated heterocycles. The lowest BCUT2D eigenvalue weighted by molar-refractivity contribution is -0.111. The number of anilines is 1. The second-order valence-corrected chi connectivity index (χ2v) is 6.93. The van der Waals surface area contributed by atoms with E-state index in [2.05, 4.69) is 11.9 Å². The van der Waals surface area contributed by atoms with Crippen molar-refractivity contribution in [2.24, 2.45) is 5.92 Å². The SMILES string of the molecule is C=CC(=O)Nc1cc(C=CC2CCC(F)(F)CC2)c2c(c1)CC(C)O2. The molecule has 25 heavy (non-hydrogen) atoms. The maximum Gasteiger partial charge on any atom is 0.248 e. The Morgan fingerprint density at radius 3 is 2.76 bits per heavy atom. The normalized spacial score (nSPS) is 22.4. The standard InChI is InChI=1S/C20H23F2NO2/c1-3-18(24)23-17-11-15(19-16(12-17)10-13(2)25-19)5-4-14-6-8-20(21,22)9-7-14/h3-5,11-14H,1,6-10H2,2H3,(H,23,24). The summed E-state index contributed by atoms with van der Waals surface area (Å²) in [4.78, 5) is 11.6. The summed E-state index contributed by atoms with van der Waals surface area (Å²) in [5, 5.41) is 2.78. The Balaban J connectivity index is 1.81. The number of amides is 1. The first kappa shape index (κ1) is 17.6. The minimum Gasteiger partial charge on any atom is -0.489 e. The maximum atomic E-state index is 13.3. The van der Waals surface area contributed by atoms with Crippen molar-refractivity contribution in [3.8, 4) is 5.75 Å². The van der Waals surface area contributed by atoms with Crippen LogP contribution in [0, 0.1) is 5.92 Å². The average molecular weight is 347 g/mol. The molecule has 1 amide bonds. The van der Waals surface area contributed by atoms with Gasteiger partial charge in [0.05, 0.1) is 0 Å². The number of ether oxygens (including phenoxy) is 1. The smallest absolute Gasteiger partial charge is 0.248 e. The van der Waals surface area contributed by atoms with Gasteiger partial charge in [-0.05, 0) is 43.9 Å². The molecule has 2 aliphatic rings. The molecule has 1 aliphatic heterocycles. The molecular formula is C20H23F2NO2. The number of hydrogen-bond donors (Lipinski definition) is 1. The summed E-state index contributed by atoms with van der Waals surface area (Å²) in [7, 11) is 0. The van der Waals surface area contributed by atoms with Crippen LogP contribution in [0.3, 0.4) is 0 Å². The molecule has 3 rings (SSSR count). The monoisotopic (exact) mass is 347 g/mol. The number of carbonyl (C=O) groups excluding carboxylic acids is 1. The summed E-state index contributed by atoms with van der Waals surface area (Å²) < 4.78 is 32.5. The Kier molecular flexibility index (Phi) is 4.93. The first-order valence-electron chi connectivity index (χ1n) is 8.69. The van der Waals surface area contributed by atoms with Gasteiger partial charge in [-0.1, -0.05) is 18.7 Å². The number of hydrogen-bond acceptors (Lipinski definition) is 2. The summed E-state index contributed by atoms with van der Waals surface area (Å²) in [6.07, 6.45) is 6.91. The van der Waals surface area contributed by atoms with Crippen molar-refractivity contribution in [2.45, 2.75) is 51.1 Å². The molecule has 3 nitrogen and oxygen atoms in total. The second-order valence-electron chi connectivity index (χ2n) is 6.93. The molecule has 134 valence electrons. The largest absolute Gasteiger partial charge is 0.489 e. The molecule has 1 aromatic carbocycles. The van der Waals surface area contributed by atoms with Crippen LogP contribution in [-0.4, -0.2) is 17.9 Å². The third-order valence-electron chi connectivity index (χ3n) is 4.78. The fraction of sp³-hybridized carbons (Fsp3) is 0.450. The molecule has 0 bridgehead atoms. The fourth-order valence-corrected chi connectivity index (χ4v) is 3.45. The minimum atomic E-state index is -2.51. The van der Waals surface area contributed by atoms with Crippen LogP contribution in [0.2, 0.25) is 0 Å².